The molecule has 0 radical (unpaired) electrons. The quantitative estimate of drug-likeness (QED) is 0.110. The number of carbonyl (C=O) groups is 3. The van der Waals surface area contributed by atoms with Crippen LogP contribution in [0.2, 0.25) is 0 Å². The lowest BCUT2D eigenvalue weighted by Crippen LogP contribution is -2.25. The number of carbonyl (C=O) groups excluding carboxylic acids is 3. The lowest BCUT2D eigenvalue weighted by molar-refractivity contribution is -0.161. The van der Waals surface area contributed by atoms with Crippen molar-refractivity contribution in [2.75, 3.05) is 18.9 Å². The molecule has 0 saturated heterocycles. The SMILES string of the molecule is CCn1nc(C)cc1C(=O)Nc1nc2cc(C#N)ccc2n1Cc1ccc(P(=O)(OCOC(=O)C(C)(C)C)OCOC(=O)C(C)(C)C)cc1. The average Bonchev–Trinajstić information content (AvgIpc) is 3.59. The molecule has 2 aromatic carbocycles. The van der Waals surface area contributed by atoms with Crippen molar-refractivity contribution in [2.24, 2.45) is 10.8 Å². The largest absolute Gasteiger partial charge is 0.438 e. The molecule has 0 aliphatic heterocycles. The van der Waals surface area contributed by atoms with Crippen LogP contribution in [0.3, 0.4) is 0 Å². The van der Waals surface area contributed by atoms with Crippen LogP contribution < -0.4 is 10.6 Å². The number of hydrogen-bond acceptors (Lipinski definition) is 11. The Morgan fingerprint density at radius 2 is 1.51 bits per heavy atom. The maximum Gasteiger partial charge on any atom is 0.367 e. The second-order valence-electron chi connectivity index (χ2n) is 13.3. The number of nitrogens with zero attached hydrogens (tertiary/aromatic N) is 5. The van der Waals surface area contributed by atoms with Crippen LogP contribution in [0, 0.1) is 29.1 Å². The number of nitrogens with one attached hydrogen (secondary N) is 1. The summed E-state index contributed by atoms with van der Waals surface area (Å²) in [5.74, 6) is -1.29. The van der Waals surface area contributed by atoms with Gasteiger partial charge in [0.2, 0.25) is 19.5 Å². The van der Waals surface area contributed by atoms with E-state index in [1.54, 1.807) is 94.1 Å². The number of fused-ring (bicyclic) bond motifs is 1. The fourth-order valence-corrected chi connectivity index (χ4v) is 5.74. The van der Waals surface area contributed by atoms with E-state index >= 15 is 0 Å². The number of anilines is 1. The molecule has 15 heteroatoms. The van der Waals surface area contributed by atoms with Crippen LogP contribution in [-0.2, 0) is 45.8 Å². The number of aromatic nitrogens is 4. The summed E-state index contributed by atoms with van der Waals surface area (Å²) in [6.07, 6.45) is 0. The van der Waals surface area contributed by atoms with E-state index in [4.69, 9.17) is 18.5 Å². The van der Waals surface area contributed by atoms with E-state index in [1.165, 1.54) is 12.1 Å². The van der Waals surface area contributed by atoms with Crippen molar-refractivity contribution < 1.29 is 37.5 Å². The Kier molecular flexibility index (Phi) is 11.1. The van der Waals surface area contributed by atoms with Crippen LogP contribution in [0.25, 0.3) is 11.0 Å². The predicted molar refractivity (Wildman–Crippen MR) is 181 cm³/mol. The third-order valence-corrected chi connectivity index (χ3v) is 9.00. The van der Waals surface area contributed by atoms with Gasteiger partial charge in [-0.05, 0) is 97.4 Å². The third kappa shape index (κ3) is 9.00. The summed E-state index contributed by atoms with van der Waals surface area (Å²) in [6.45, 7) is 13.1. The Labute approximate surface area is 284 Å². The van der Waals surface area contributed by atoms with Gasteiger partial charge in [0.05, 0.1) is 51.0 Å². The highest BCUT2D eigenvalue weighted by molar-refractivity contribution is 7.62. The fourth-order valence-electron chi connectivity index (χ4n) is 4.47. The van der Waals surface area contributed by atoms with Gasteiger partial charge in [0.25, 0.3) is 5.91 Å². The zero-order chi connectivity index (χ0) is 36.1. The van der Waals surface area contributed by atoms with Gasteiger partial charge < -0.3 is 14.0 Å². The summed E-state index contributed by atoms with van der Waals surface area (Å²) in [5, 5.41) is 16.8. The first-order valence-electron chi connectivity index (χ1n) is 15.5. The number of benzene rings is 2. The summed E-state index contributed by atoms with van der Waals surface area (Å²) < 4.78 is 38.7. The molecule has 1 N–H and O–H groups in total. The van der Waals surface area contributed by atoms with Crippen LogP contribution in [0.5, 0.6) is 0 Å². The van der Waals surface area contributed by atoms with Crippen LogP contribution in [-0.4, -0.2) is 50.8 Å². The molecule has 14 nitrogen and oxygen atoms in total. The summed E-state index contributed by atoms with van der Waals surface area (Å²) in [6, 6.07) is 15.3. The standard InChI is InChI=1S/C34H41N6O8P/c1-9-40-28(16-22(2)38-40)29(41)37-32-36-26-17-24(18-35)12-15-27(26)39(32)19-23-10-13-25(14-11-23)49(44,47-20-45-30(42)33(3,4)5)48-21-46-31(43)34(6,7)8/h10-17H,9,19-21H2,1-8H3,(H,36,37,41). The first-order chi connectivity index (χ1) is 22.9. The molecule has 0 saturated carbocycles. The van der Waals surface area contributed by atoms with E-state index in [0.29, 0.717) is 34.5 Å². The van der Waals surface area contributed by atoms with Crippen molar-refractivity contribution in [2.45, 2.75) is 68.5 Å². The van der Waals surface area contributed by atoms with Crippen molar-refractivity contribution in [1.29, 1.82) is 5.26 Å². The number of nitriles is 1. The molecule has 0 atom stereocenters. The normalized spacial score (nSPS) is 12.1. The molecular weight excluding hydrogens is 651 g/mol. The van der Waals surface area contributed by atoms with Crippen LogP contribution in [0.15, 0.2) is 48.5 Å². The van der Waals surface area contributed by atoms with Gasteiger partial charge in [-0.25, -0.2) is 4.98 Å². The van der Waals surface area contributed by atoms with Gasteiger partial charge in [0.15, 0.2) is 0 Å². The second-order valence-corrected chi connectivity index (χ2v) is 15.3. The monoisotopic (exact) mass is 692 g/mol. The van der Waals surface area contributed by atoms with Crippen molar-refractivity contribution in [3.8, 4) is 6.07 Å². The molecule has 0 aliphatic carbocycles. The molecule has 1 amide bonds. The van der Waals surface area contributed by atoms with Gasteiger partial charge in [0, 0.05) is 6.54 Å². The van der Waals surface area contributed by atoms with Gasteiger partial charge in [-0.1, -0.05) is 12.1 Å². The van der Waals surface area contributed by atoms with Gasteiger partial charge in [0.1, 0.15) is 5.69 Å². The number of aryl methyl sites for hydroxylation is 2. The number of rotatable bonds is 12. The zero-order valence-electron chi connectivity index (χ0n) is 28.9. The topological polar surface area (TPSA) is 177 Å². The smallest absolute Gasteiger partial charge is 0.367 e. The minimum Gasteiger partial charge on any atom is -0.438 e. The third-order valence-electron chi connectivity index (χ3n) is 7.18. The molecule has 0 unspecified atom stereocenters. The molecule has 260 valence electrons. The zero-order valence-corrected chi connectivity index (χ0v) is 29.8. The van der Waals surface area contributed by atoms with Crippen LogP contribution in [0.4, 0.5) is 5.95 Å². The Morgan fingerprint density at radius 3 is 2.04 bits per heavy atom. The van der Waals surface area contributed by atoms with Crippen molar-refractivity contribution >= 4 is 47.7 Å². The van der Waals surface area contributed by atoms with Crippen LogP contribution in [0.1, 0.15) is 75.8 Å². The minimum atomic E-state index is -4.17. The first-order valence-corrected chi connectivity index (χ1v) is 17.1. The highest BCUT2D eigenvalue weighted by atomic mass is 31.2. The molecule has 0 fully saturated rings. The Bertz CT molecular complexity index is 1910. The van der Waals surface area contributed by atoms with Gasteiger partial charge >= 0.3 is 19.5 Å². The fraction of sp³-hybridized carbons (Fsp3) is 0.412. The number of esters is 2. The molecule has 2 heterocycles. The molecule has 0 aliphatic rings. The highest BCUT2D eigenvalue weighted by Gasteiger charge is 2.32. The maximum atomic E-state index is 14.0. The highest BCUT2D eigenvalue weighted by Crippen LogP contribution is 2.47. The number of imidazole rings is 1. The minimum absolute atomic E-state index is 0.126. The van der Waals surface area contributed by atoms with E-state index in [0.717, 1.165) is 5.56 Å². The lowest BCUT2D eigenvalue weighted by Gasteiger charge is -2.22. The lowest BCUT2D eigenvalue weighted by atomic mass is 9.98. The predicted octanol–water partition coefficient (Wildman–Crippen LogP) is 5.68. The molecule has 2 aromatic heterocycles. The molecule has 0 bridgehead atoms. The van der Waals surface area contributed by atoms with Crippen molar-refractivity contribution in [1.82, 2.24) is 19.3 Å². The Hall–Kier alpha value is -4.83. The summed E-state index contributed by atoms with van der Waals surface area (Å²) in [4.78, 5) is 42.5. The second kappa shape index (κ2) is 14.7. The van der Waals surface area contributed by atoms with Gasteiger partial charge in [-0.2, -0.15) is 10.4 Å². The van der Waals surface area contributed by atoms with E-state index < -0.39 is 49.9 Å². The number of hydrogen-bond donors (Lipinski definition) is 1. The number of ether oxygens (including phenoxy) is 2. The maximum absolute atomic E-state index is 14.0. The van der Waals surface area contributed by atoms with Gasteiger partial charge in [-0.15, -0.1) is 0 Å². The first kappa shape index (κ1) is 37.0. The van der Waals surface area contributed by atoms with Gasteiger partial charge in [-0.3, -0.25) is 38.0 Å². The van der Waals surface area contributed by atoms with E-state index in [9.17, 15) is 24.2 Å². The van der Waals surface area contributed by atoms with Crippen molar-refractivity contribution in [3.05, 3.63) is 71.0 Å². The summed E-state index contributed by atoms with van der Waals surface area (Å²) in [5.41, 5.74) is 1.74. The molecule has 4 rings (SSSR count). The summed E-state index contributed by atoms with van der Waals surface area (Å²) in [7, 11) is -4.17. The van der Waals surface area contributed by atoms with E-state index in [-0.39, 0.29) is 17.8 Å². The molecule has 0 spiro atoms. The average molecular weight is 693 g/mol. The molecular formula is C34H41N6O8P. The number of amides is 1. The molecule has 49 heavy (non-hydrogen) atoms. The Balaban J connectivity index is 1.62. The Morgan fingerprint density at radius 1 is 0.918 bits per heavy atom. The molecule has 4 aromatic rings. The van der Waals surface area contributed by atoms with Crippen LogP contribution >= 0.6 is 7.60 Å². The van der Waals surface area contributed by atoms with E-state index in [1.807, 2.05) is 6.92 Å². The summed E-state index contributed by atoms with van der Waals surface area (Å²) >= 11 is 0. The van der Waals surface area contributed by atoms with E-state index in [2.05, 4.69) is 21.5 Å². The van der Waals surface area contributed by atoms with Crippen molar-refractivity contribution in [3.63, 3.8) is 0 Å².